The second kappa shape index (κ2) is 7.06. The normalized spacial score (nSPS) is 17.5. The number of likely N-dealkylation sites (tertiary alicyclic amines) is 1. The molecule has 1 aromatic carbocycles. The van der Waals surface area contributed by atoms with E-state index in [0.29, 0.717) is 18.2 Å². The summed E-state index contributed by atoms with van der Waals surface area (Å²) < 4.78 is 10.9. The molecule has 2 amide bonds. The van der Waals surface area contributed by atoms with Crippen LogP contribution in [0.25, 0.3) is 0 Å². The van der Waals surface area contributed by atoms with Gasteiger partial charge in [-0.05, 0) is 49.2 Å². The van der Waals surface area contributed by atoms with E-state index in [-0.39, 0.29) is 12.1 Å². The van der Waals surface area contributed by atoms with Crippen molar-refractivity contribution in [3.8, 4) is 0 Å². The van der Waals surface area contributed by atoms with Gasteiger partial charge in [-0.15, -0.1) is 0 Å². The first-order valence-corrected chi connectivity index (χ1v) is 7.96. The highest BCUT2D eigenvalue weighted by Gasteiger charge is 2.32. The summed E-state index contributed by atoms with van der Waals surface area (Å²) in [5, 5.41) is 3.55. The molecule has 1 aliphatic heterocycles. The second-order valence-electron chi connectivity index (χ2n) is 5.53. The van der Waals surface area contributed by atoms with Gasteiger partial charge in [-0.25, -0.2) is 4.79 Å². The smallest absolute Gasteiger partial charge is 0.322 e. The molecule has 122 valence electrons. The lowest BCUT2D eigenvalue weighted by atomic mass is 10.2. The summed E-state index contributed by atoms with van der Waals surface area (Å²) in [5.74, 6) is 1.58. The molecule has 0 bridgehead atoms. The van der Waals surface area contributed by atoms with Crippen LogP contribution in [0, 0.1) is 0 Å². The van der Waals surface area contributed by atoms with Crippen molar-refractivity contribution < 1.29 is 13.9 Å². The van der Waals surface area contributed by atoms with E-state index >= 15 is 0 Å². The Kier molecular flexibility index (Phi) is 4.88. The first-order chi connectivity index (χ1) is 11.2. The Morgan fingerprint density at radius 1 is 1.35 bits per heavy atom. The molecule has 1 aliphatic rings. The van der Waals surface area contributed by atoms with Gasteiger partial charge in [0.05, 0.1) is 6.04 Å². The van der Waals surface area contributed by atoms with E-state index in [2.05, 4.69) is 5.32 Å². The van der Waals surface area contributed by atoms with Crippen LogP contribution in [-0.2, 0) is 11.3 Å². The van der Waals surface area contributed by atoms with E-state index < -0.39 is 0 Å². The minimum Gasteiger partial charge on any atom is -0.461 e. The molecule has 3 rings (SSSR count). The SMILES string of the molecule is COCc1ccc(C2CCCN2C(=O)Nc2ccc(Cl)cc2)o1. The molecule has 1 N–H and O–H groups in total. The van der Waals surface area contributed by atoms with E-state index in [4.69, 9.17) is 20.8 Å². The van der Waals surface area contributed by atoms with Crippen LogP contribution in [0.2, 0.25) is 5.02 Å². The van der Waals surface area contributed by atoms with E-state index in [0.717, 1.165) is 30.0 Å². The Bertz CT molecular complexity index is 669. The molecule has 1 atom stereocenters. The molecule has 1 fully saturated rings. The molecule has 0 saturated carbocycles. The number of carbonyl (C=O) groups excluding carboxylic acids is 1. The van der Waals surface area contributed by atoms with Crippen LogP contribution < -0.4 is 5.32 Å². The maximum Gasteiger partial charge on any atom is 0.322 e. The summed E-state index contributed by atoms with van der Waals surface area (Å²) in [6.45, 7) is 1.15. The summed E-state index contributed by atoms with van der Waals surface area (Å²) in [6, 6.07) is 10.7. The average molecular weight is 335 g/mol. The van der Waals surface area contributed by atoms with Gasteiger partial charge < -0.3 is 19.4 Å². The van der Waals surface area contributed by atoms with Crippen molar-refractivity contribution in [2.24, 2.45) is 0 Å². The van der Waals surface area contributed by atoms with Gasteiger partial charge in [0.1, 0.15) is 18.1 Å². The van der Waals surface area contributed by atoms with Crippen LogP contribution in [0.4, 0.5) is 10.5 Å². The number of urea groups is 1. The number of amides is 2. The summed E-state index contributed by atoms with van der Waals surface area (Å²) >= 11 is 5.86. The molecule has 1 unspecified atom stereocenters. The third-order valence-corrected chi connectivity index (χ3v) is 4.16. The van der Waals surface area contributed by atoms with Crippen molar-refractivity contribution in [3.63, 3.8) is 0 Å². The van der Waals surface area contributed by atoms with Gasteiger partial charge in [0.25, 0.3) is 0 Å². The molecule has 0 radical (unpaired) electrons. The van der Waals surface area contributed by atoms with Crippen LogP contribution >= 0.6 is 11.6 Å². The van der Waals surface area contributed by atoms with E-state index in [1.165, 1.54) is 0 Å². The topological polar surface area (TPSA) is 54.7 Å². The average Bonchev–Trinajstić information content (AvgIpc) is 3.18. The fourth-order valence-corrected chi connectivity index (χ4v) is 2.95. The number of hydrogen-bond donors (Lipinski definition) is 1. The highest BCUT2D eigenvalue weighted by Crippen LogP contribution is 2.33. The molecular formula is C17H19ClN2O3. The van der Waals surface area contributed by atoms with Crippen LogP contribution in [-0.4, -0.2) is 24.6 Å². The predicted molar refractivity (Wildman–Crippen MR) is 88.6 cm³/mol. The lowest BCUT2D eigenvalue weighted by Crippen LogP contribution is -2.34. The third kappa shape index (κ3) is 3.68. The summed E-state index contributed by atoms with van der Waals surface area (Å²) in [4.78, 5) is 14.3. The first-order valence-electron chi connectivity index (χ1n) is 7.58. The van der Waals surface area contributed by atoms with Crippen molar-refractivity contribution >= 4 is 23.3 Å². The highest BCUT2D eigenvalue weighted by molar-refractivity contribution is 6.30. The molecular weight excluding hydrogens is 316 g/mol. The molecule has 23 heavy (non-hydrogen) atoms. The quantitative estimate of drug-likeness (QED) is 0.898. The number of halogens is 1. The van der Waals surface area contributed by atoms with Crippen molar-refractivity contribution in [1.82, 2.24) is 4.90 Å². The lowest BCUT2D eigenvalue weighted by molar-refractivity contribution is 0.157. The predicted octanol–water partition coefficient (Wildman–Crippen LogP) is 4.45. The molecule has 2 heterocycles. The number of rotatable bonds is 4. The molecule has 0 spiro atoms. The van der Waals surface area contributed by atoms with Gasteiger partial charge in [0.15, 0.2) is 0 Å². The Morgan fingerprint density at radius 3 is 2.87 bits per heavy atom. The number of ether oxygens (including phenoxy) is 1. The van der Waals surface area contributed by atoms with Crippen molar-refractivity contribution in [2.45, 2.75) is 25.5 Å². The first kappa shape index (κ1) is 15.9. The summed E-state index contributed by atoms with van der Waals surface area (Å²) in [5.41, 5.74) is 0.726. The second-order valence-corrected chi connectivity index (χ2v) is 5.96. The van der Waals surface area contributed by atoms with Crippen LogP contribution in [0.5, 0.6) is 0 Å². The van der Waals surface area contributed by atoms with Gasteiger partial charge in [0.2, 0.25) is 0 Å². The van der Waals surface area contributed by atoms with Gasteiger partial charge in [-0.1, -0.05) is 11.6 Å². The standard InChI is InChI=1S/C17H19ClN2O3/c1-22-11-14-8-9-16(23-14)15-3-2-10-20(15)17(21)19-13-6-4-12(18)5-7-13/h4-9,15H,2-3,10-11H2,1H3,(H,19,21). The third-order valence-electron chi connectivity index (χ3n) is 3.91. The zero-order valence-corrected chi connectivity index (χ0v) is 13.7. The van der Waals surface area contributed by atoms with Gasteiger partial charge in [-0.2, -0.15) is 0 Å². The lowest BCUT2D eigenvalue weighted by Gasteiger charge is -2.23. The highest BCUT2D eigenvalue weighted by atomic mass is 35.5. The maximum absolute atomic E-state index is 12.5. The van der Waals surface area contributed by atoms with Crippen LogP contribution in [0.3, 0.4) is 0 Å². The maximum atomic E-state index is 12.5. The van der Waals surface area contributed by atoms with Gasteiger partial charge in [0, 0.05) is 24.4 Å². The molecule has 2 aromatic rings. The largest absolute Gasteiger partial charge is 0.461 e. The van der Waals surface area contributed by atoms with Crippen LogP contribution in [0.15, 0.2) is 40.8 Å². The zero-order valence-electron chi connectivity index (χ0n) is 12.9. The Hall–Kier alpha value is -1.98. The minimum atomic E-state index is -0.125. The number of nitrogens with one attached hydrogen (secondary N) is 1. The number of anilines is 1. The Morgan fingerprint density at radius 2 is 2.13 bits per heavy atom. The molecule has 6 heteroatoms. The number of methoxy groups -OCH3 is 1. The fourth-order valence-electron chi connectivity index (χ4n) is 2.83. The molecule has 1 aromatic heterocycles. The Balaban J connectivity index is 1.70. The summed E-state index contributed by atoms with van der Waals surface area (Å²) in [6.07, 6.45) is 1.85. The number of benzene rings is 1. The minimum absolute atomic E-state index is 0.0343. The molecule has 0 aliphatic carbocycles. The van der Waals surface area contributed by atoms with Crippen molar-refractivity contribution in [2.75, 3.05) is 19.0 Å². The van der Waals surface area contributed by atoms with Crippen molar-refractivity contribution in [1.29, 1.82) is 0 Å². The molecule has 5 nitrogen and oxygen atoms in total. The Labute approximate surface area is 140 Å². The van der Waals surface area contributed by atoms with Gasteiger partial charge >= 0.3 is 6.03 Å². The zero-order chi connectivity index (χ0) is 16.2. The summed E-state index contributed by atoms with van der Waals surface area (Å²) in [7, 11) is 1.63. The number of hydrogen-bond acceptors (Lipinski definition) is 3. The number of furan rings is 1. The van der Waals surface area contributed by atoms with E-state index in [1.54, 1.807) is 31.4 Å². The van der Waals surface area contributed by atoms with E-state index in [1.807, 2.05) is 17.0 Å². The monoisotopic (exact) mass is 334 g/mol. The fraction of sp³-hybridized carbons (Fsp3) is 0.353. The number of carbonyl (C=O) groups is 1. The van der Waals surface area contributed by atoms with Gasteiger partial charge in [-0.3, -0.25) is 0 Å². The number of nitrogens with zero attached hydrogens (tertiary/aromatic N) is 1. The van der Waals surface area contributed by atoms with Crippen LogP contribution in [0.1, 0.15) is 30.4 Å². The molecule has 1 saturated heterocycles. The van der Waals surface area contributed by atoms with Crippen molar-refractivity contribution in [3.05, 3.63) is 52.9 Å². The van der Waals surface area contributed by atoms with E-state index in [9.17, 15) is 4.79 Å².